The van der Waals surface area contributed by atoms with Gasteiger partial charge in [-0.15, -0.1) is 0 Å². The van der Waals surface area contributed by atoms with Gasteiger partial charge in [-0.3, -0.25) is 4.55 Å². The van der Waals surface area contributed by atoms with Crippen LogP contribution in [0.1, 0.15) is 92.4 Å². The van der Waals surface area contributed by atoms with Gasteiger partial charge in [0.1, 0.15) is 11.9 Å². The first kappa shape index (κ1) is 26.1. The molecule has 1 aromatic rings. The standard InChI is InChI=1S/C22H34O7S/c1-3-4-5-6-7-8-9-10-13-16-28-21(23)19-14-11-12-15-20(19)22(24)29-17-18(2)30(25,26)27/h11-12,14-15,18H,3-10,13,16-17H2,1-2H3,(H,25,26,27). The fourth-order valence-electron chi connectivity index (χ4n) is 2.85. The zero-order valence-electron chi connectivity index (χ0n) is 18.0. The van der Waals surface area contributed by atoms with Crippen LogP contribution < -0.4 is 0 Å². The van der Waals surface area contributed by atoms with E-state index < -0.39 is 33.9 Å². The molecule has 0 aliphatic heterocycles. The fourth-order valence-corrected chi connectivity index (χ4v) is 3.09. The zero-order chi connectivity index (χ0) is 22.4. The SMILES string of the molecule is CCCCCCCCCCCOC(=O)c1ccccc1C(=O)OCC(C)S(=O)(=O)O. The predicted molar refractivity (Wildman–Crippen MR) is 115 cm³/mol. The van der Waals surface area contributed by atoms with Gasteiger partial charge in [0, 0.05) is 0 Å². The second kappa shape index (κ2) is 14.1. The van der Waals surface area contributed by atoms with E-state index in [2.05, 4.69) is 6.92 Å². The molecule has 1 rings (SSSR count). The van der Waals surface area contributed by atoms with E-state index in [1.54, 1.807) is 12.1 Å². The van der Waals surface area contributed by atoms with E-state index in [4.69, 9.17) is 14.0 Å². The van der Waals surface area contributed by atoms with Crippen LogP contribution in [0.5, 0.6) is 0 Å². The van der Waals surface area contributed by atoms with Gasteiger partial charge in [0.15, 0.2) is 0 Å². The molecule has 0 bridgehead atoms. The van der Waals surface area contributed by atoms with Crippen LogP contribution in [0.15, 0.2) is 24.3 Å². The van der Waals surface area contributed by atoms with Crippen molar-refractivity contribution in [3.05, 3.63) is 35.4 Å². The lowest BCUT2D eigenvalue weighted by Crippen LogP contribution is -2.25. The van der Waals surface area contributed by atoms with Crippen molar-refractivity contribution >= 4 is 22.1 Å². The summed E-state index contributed by atoms with van der Waals surface area (Å²) in [6, 6.07) is 6.05. The van der Waals surface area contributed by atoms with Crippen LogP contribution in [0.3, 0.4) is 0 Å². The third-order valence-electron chi connectivity index (χ3n) is 4.81. The van der Waals surface area contributed by atoms with Gasteiger partial charge in [-0.2, -0.15) is 8.42 Å². The summed E-state index contributed by atoms with van der Waals surface area (Å²) in [5, 5.41) is -1.26. The molecule has 0 spiro atoms. The van der Waals surface area contributed by atoms with Crippen molar-refractivity contribution in [2.24, 2.45) is 0 Å². The summed E-state index contributed by atoms with van der Waals surface area (Å²) in [5.74, 6) is -1.47. The largest absolute Gasteiger partial charge is 0.462 e. The van der Waals surface area contributed by atoms with Crippen molar-refractivity contribution in [3.63, 3.8) is 0 Å². The Balaban J connectivity index is 2.40. The number of ether oxygens (including phenoxy) is 2. The van der Waals surface area contributed by atoms with Gasteiger partial charge < -0.3 is 9.47 Å². The average Bonchev–Trinajstić information content (AvgIpc) is 2.72. The normalized spacial score (nSPS) is 12.4. The highest BCUT2D eigenvalue weighted by Crippen LogP contribution is 2.14. The third kappa shape index (κ3) is 10.2. The number of hydrogen-bond donors (Lipinski definition) is 1. The Labute approximate surface area is 179 Å². The predicted octanol–water partition coefficient (Wildman–Crippen LogP) is 4.81. The molecule has 0 aliphatic rings. The van der Waals surface area contributed by atoms with E-state index in [0.717, 1.165) is 19.3 Å². The second-order valence-electron chi connectivity index (χ2n) is 7.43. The number of rotatable bonds is 15. The first-order valence-corrected chi connectivity index (χ1v) is 12.2. The number of esters is 2. The molecule has 7 nitrogen and oxygen atoms in total. The topological polar surface area (TPSA) is 107 Å². The molecule has 1 unspecified atom stereocenters. The van der Waals surface area contributed by atoms with Crippen molar-refractivity contribution < 1.29 is 32.0 Å². The van der Waals surface area contributed by atoms with E-state index in [-0.39, 0.29) is 17.7 Å². The van der Waals surface area contributed by atoms with E-state index in [0.29, 0.717) is 0 Å². The fraction of sp³-hybridized carbons (Fsp3) is 0.636. The summed E-state index contributed by atoms with van der Waals surface area (Å²) >= 11 is 0. The molecule has 0 amide bonds. The monoisotopic (exact) mass is 442 g/mol. The number of unbranched alkanes of at least 4 members (excludes halogenated alkanes) is 8. The van der Waals surface area contributed by atoms with Crippen LogP contribution in [0.2, 0.25) is 0 Å². The molecule has 0 saturated carbocycles. The summed E-state index contributed by atoms with van der Waals surface area (Å²) in [6.07, 6.45) is 10.4. The Morgan fingerprint density at radius 3 is 1.83 bits per heavy atom. The van der Waals surface area contributed by atoms with E-state index in [1.807, 2.05) is 0 Å². The van der Waals surface area contributed by atoms with Crippen molar-refractivity contribution in [3.8, 4) is 0 Å². The van der Waals surface area contributed by atoms with Crippen molar-refractivity contribution in [2.45, 2.75) is 76.9 Å². The number of hydrogen-bond acceptors (Lipinski definition) is 6. The Morgan fingerprint density at radius 1 is 0.867 bits per heavy atom. The van der Waals surface area contributed by atoms with Gasteiger partial charge in [-0.05, 0) is 25.5 Å². The Morgan fingerprint density at radius 2 is 1.33 bits per heavy atom. The molecule has 0 heterocycles. The Bertz CT molecular complexity index is 759. The zero-order valence-corrected chi connectivity index (χ0v) is 18.8. The first-order chi connectivity index (χ1) is 14.3. The van der Waals surface area contributed by atoms with Gasteiger partial charge in [0.2, 0.25) is 0 Å². The summed E-state index contributed by atoms with van der Waals surface area (Å²) in [7, 11) is -4.30. The number of benzene rings is 1. The van der Waals surface area contributed by atoms with Gasteiger partial charge in [-0.25, -0.2) is 9.59 Å². The third-order valence-corrected chi connectivity index (χ3v) is 5.96. The molecular formula is C22H34O7S. The van der Waals surface area contributed by atoms with Crippen LogP contribution in [-0.4, -0.2) is 43.4 Å². The van der Waals surface area contributed by atoms with Crippen molar-refractivity contribution in [1.29, 1.82) is 0 Å². The highest BCUT2D eigenvalue weighted by atomic mass is 32.2. The summed E-state index contributed by atoms with van der Waals surface area (Å²) in [4.78, 5) is 24.6. The maximum atomic E-state index is 12.3. The second-order valence-corrected chi connectivity index (χ2v) is 9.27. The molecule has 0 aromatic heterocycles. The molecular weight excluding hydrogens is 408 g/mol. The molecule has 8 heteroatoms. The van der Waals surface area contributed by atoms with Gasteiger partial charge in [0.25, 0.3) is 10.1 Å². The van der Waals surface area contributed by atoms with Gasteiger partial charge in [-0.1, -0.05) is 70.4 Å². The molecule has 0 fully saturated rings. The summed E-state index contributed by atoms with van der Waals surface area (Å²) in [6.45, 7) is 3.18. The van der Waals surface area contributed by atoms with E-state index in [1.165, 1.54) is 57.6 Å². The molecule has 1 N–H and O–H groups in total. The van der Waals surface area contributed by atoms with Crippen molar-refractivity contribution in [2.75, 3.05) is 13.2 Å². The Kier molecular flexibility index (Phi) is 12.3. The molecule has 170 valence electrons. The van der Waals surface area contributed by atoms with Crippen LogP contribution >= 0.6 is 0 Å². The summed E-state index contributed by atoms with van der Waals surface area (Å²) in [5.41, 5.74) is 0.0649. The van der Waals surface area contributed by atoms with E-state index >= 15 is 0 Å². The lowest BCUT2D eigenvalue weighted by atomic mass is 10.1. The minimum absolute atomic E-state index is 0.00267. The summed E-state index contributed by atoms with van der Waals surface area (Å²) < 4.78 is 41.2. The van der Waals surface area contributed by atoms with Gasteiger partial charge in [0.05, 0.1) is 17.7 Å². The van der Waals surface area contributed by atoms with Crippen LogP contribution in [-0.2, 0) is 19.6 Å². The Hall–Kier alpha value is -1.93. The number of carbonyl (C=O) groups excluding carboxylic acids is 2. The quantitative estimate of drug-likeness (QED) is 0.236. The minimum atomic E-state index is -4.30. The molecule has 1 atom stereocenters. The smallest absolute Gasteiger partial charge is 0.339 e. The van der Waals surface area contributed by atoms with Crippen LogP contribution in [0, 0.1) is 0 Å². The maximum Gasteiger partial charge on any atom is 0.339 e. The molecule has 0 radical (unpaired) electrons. The lowest BCUT2D eigenvalue weighted by Gasteiger charge is -2.12. The van der Waals surface area contributed by atoms with Crippen LogP contribution in [0.4, 0.5) is 0 Å². The maximum absolute atomic E-state index is 12.3. The average molecular weight is 443 g/mol. The number of carbonyl (C=O) groups is 2. The van der Waals surface area contributed by atoms with Crippen LogP contribution in [0.25, 0.3) is 0 Å². The molecule has 30 heavy (non-hydrogen) atoms. The molecule has 0 saturated heterocycles. The molecule has 1 aromatic carbocycles. The van der Waals surface area contributed by atoms with Gasteiger partial charge >= 0.3 is 11.9 Å². The minimum Gasteiger partial charge on any atom is -0.462 e. The first-order valence-electron chi connectivity index (χ1n) is 10.7. The lowest BCUT2D eigenvalue weighted by molar-refractivity contribution is 0.0454. The highest BCUT2D eigenvalue weighted by Gasteiger charge is 2.23. The highest BCUT2D eigenvalue weighted by molar-refractivity contribution is 7.86. The molecule has 0 aliphatic carbocycles. The van der Waals surface area contributed by atoms with Crippen molar-refractivity contribution in [1.82, 2.24) is 0 Å². The van der Waals surface area contributed by atoms with E-state index in [9.17, 15) is 18.0 Å².